The molecule has 0 radical (unpaired) electrons. The van der Waals surface area contributed by atoms with Crippen molar-refractivity contribution in [3.05, 3.63) is 18.0 Å². The Balaban J connectivity index is 2.08. The minimum Gasteiger partial charge on any atom is -0.377 e. The van der Waals surface area contributed by atoms with Crippen LogP contribution in [0.1, 0.15) is 18.5 Å². The van der Waals surface area contributed by atoms with E-state index < -0.39 is 6.04 Å². The highest BCUT2D eigenvalue weighted by molar-refractivity contribution is 5.83. The van der Waals surface area contributed by atoms with Gasteiger partial charge >= 0.3 is 0 Å². The number of amides is 1. The summed E-state index contributed by atoms with van der Waals surface area (Å²) < 4.78 is 6.94. The molecule has 1 fully saturated rings. The Morgan fingerprint density at radius 3 is 3.06 bits per heavy atom. The topological polar surface area (TPSA) is 73.4 Å². The lowest BCUT2D eigenvalue weighted by molar-refractivity contribution is -0.140. The van der Waals surface area contributed by atoms with Crippen molar-refractivity contribution in [2.45, 2.75) is 19.0 Å². The van der Waals surface area contributed by atoms with Crippen molar-refractivity contribution in [3.8, 4) is 0 Å². The smallest absolute Gasteiger partial charge is 0.244 e. The Labute approximate surface area is 100 Å². The van der Waals surface area contributed by atoms with E-state index in [2.05, 4.69) is 5.10 Å². The molecule has 6 heteroatoms. The molecule has 2 atom stereocenters. The first-order chi connectivity index (χ1) is 8.09. The number of aromatic nitrogens is 2. The maximum Gasteiger partial charge on any atom is 0.244 e. The first-order valence-corrected chi connectivity index (χ1v) is 5.72. The second-order valence-electron chi connectivity index (χ2n) is 4.38. The van der Waals surface area contributed by atoms with E-state index in [-0.39, 0.29) is 11.9 Å². The number of carbonyl (C=O) groups is 1. The maximum absolute atomic E-state index is 12.2. The van der Waals surface area contributed by atoms with E-state index in [9.17, 15) is 4.79 Å². The monoisotopic (exact) mass is 238 g/mol. The minimum atomic E-state index is -0.635. The number of morpholine rings is 1. The van der Waals surface area contributed by atoms with Gasteiger partial charge in [0.25, 0.3) is 0 Å². The van der Waals surface area contributed by atoms with Gasteiger partial charge in [0, 0.05) is 25.4 Å². The number of ether oxygens (including phenoxy) is 1. The van der Waals surface area contributed by atoms with Crippen LogP contribution >= 0.6 is 0 Å². The van der Waals surface area contributed by atoms with Crippen molar-refractivity contribution < 1.29 is 9.53 Å². The minimum absolute atomic E-state index is 0.0613. The summed E-state index contributed by atoms with van der Waals surface area (Å²) in [7, 11) is 1.80. The van der Waals surface area contributed by atoms with E-state index >= 15 is 0 Å². The van der Waals surface area contributed by atoms with E-state index in [0.29, 0.717) is 19.8 Å². The molecule has 0 aliphatic carbocycles. The molecular formula is C11H18N4O2. The van der Waals surface area contributed by atoms with Crippen LogP contribution in [-0.2, 0) is 16.6 Å². The van der Waals surface area contributed by atoms with Crippen LogP contribution in [0.2, 0.25) is 0 Å². The lowest BCUT2D eigenvalue weighted by Gasteiger charge is -2.34. The van der Waals surface area contributed by atoms with Gasteiger partial charge in [-0.05, 0) is 6.92 Å². The molecule has 2 N–H and O–H groups in total. The molecular weight excluding hydrogens is 220 g/mol. The van der Waals surface area contributed by atoms with Crippen LogP contribution in [0.3, 0.4) is 0 Å². The Bertz CT molecular complexity index is 404. The number of nitrogens with two attached hydrogens (primary N) is 1. The van der Waals surface area contributed by atoms with Crippen LogP contribution in [0.15, 0.2) is 12.4 Å². The fraction of sp³-hybridized carbons (Fsp3) is 0.636. The molecule has 0 aromatic carbocycles. The van der Waals surface area contributed by atoms with Gasteiger partial charge in [-0.1, -0.05) is 0 Å². The molecule has 2 rings (SSSR count). The highest BCUT2D eigenvalue weighted by Crippen LogP contribution is 2.16. The quantitative estimate of drug-likeness (QED) is 0.765. The first-order valence-electron chi connectivity index (χ1n) is 5.72. The molecule has 0 saturated carbocycles. The molecule has 17 heavy (non-hydrogen) atoms. The van der Waals surface area contributed by atoms with Gasteiger partial charge in [0.05, 0.1) is 25.5 Å². The molecule has 1 aliphatic rings. The van der Waals surface area contributed by atoms with Crippen LogP contribution in [0.5, 0.6) is 0 Å². The fourth-order valence-corrected chi connectivity index (χ4v) is 1.98. The Morgan fingerprint density at radius 1 is 1.71 bits per heavy atom. The largest absolute Gasteiger partial charge is 0.377 e. The van der Waals surface area contributed by atoms with E-state index in [1.54, 1.807) is 29.0 Å². The van der Waals surface area contributed by atoms with E-state index in [1.807, 2.05) is 6.92 Å². The molecule has 0 bridgehead atoms. The lowest BCUT2D eigenvalue weighted by Crippen LogP contribution is -2.50. The number of hydrogen-bond donors (Lipinski definition) is 1. The van der Waals surface area contributed by atoms with Gasteiger partial charge in [0.15, 0.2) is 0 Å². The van der Waals surface area contributed by atoms with Gasteiger partial charge in [-0.3, -0.25) is 9.48 Å². The number of nitrogens with zero attached hydrogens (tertiary/aromatic N) is 3. The summed E-state index contributed by atoms with van der Waals surface area (Å²) in [6, 6.07) is -0.553. The van der Waals surface area contributed by atoms with Crippen molar-refractivity contribution in [3.63, 3.8) is 0 Å². The van der Waals surface area contributed by atoms with Crippen LogP contribution in [0.25, 0.3) is 0 Å². The predicted octanol–water partition coefficient (Wildman–Crippen LogP) is -0.333. The molecule has 1 amide bonds. The second-order valence-corrected chi connectivity index (χ2v) is 4.38. The molecule has 6 nitrogen and oxygen atoms in total. The van der Waals surface area contributed by atoms with Gasteiger partial charge in [-0.15, -0.1) is 0 Å². The van der Waals surface area contributed by atoms with Crippen LogP contribution < -0.4 is 5.73 Å². The van der Waals surface area contributed by atoms with Crippen molar-refractivity contribution in [1.29, 1.82) is 0 Å². The summed E-state index contributed by atoms with van der Waals surface area (Å²) in [5.74, 6) is -0.0613. The number of rotatable bonds is 2. The standard InChI is InChI=1S/C11H18N4O2/c1-8-7-17-4-3-15(8)11(16)10(12)9-5-13-14(2)6-9/h5-6,8,10H,3-4,7,12H2,1-2H3. The number of carbonyl (C=O) groups excluding carboxylic acids is 1. The van der Waals surface area contributed by atoms with Crippen molar-refractivity contribution in [2.24, 2.45) is 12.8 Å². The zero-order valence-electron chi connectivity index (χ0n) is 10.2. The summed E-state index contributed by atoms with van der Waals surface area (Å²) in [5.41, 5.74) is 6.71. The van der Waals surface area contributed by atoms with Gasteiger partial charge in [-0.25, -0.2) is 0 Å². The summed E-state index contributed by atoms with van der Waals surface area (Å²) in [6.45, 7) is 3.72. The number of hydrogen-bond acceptors (Lipinski definition) is 4. The summed E-state index contributed by atoms with van der Waals surface area (Å²) >= 11 is 0. The summed E-state index contributed by atoms with van der Waals surface area (Å²) in [6.07, 6.45) is 3.40. The van der Waals surface area contributed by atoms with Crippen molar-refractivity contribution >= 4 is 5.91 Å². The fourth-order valence-electron chi connectivity index (χ4n) is 1.98. The maximum atomic E-state index is 12.2. The van der Waals surface area contributed by atoms with Gasteiger partial charge in [0.2, 0.25) is 5.91 Å². The first kappa shape index (κ1) is 12.1. The van der Waals surface area contributed by atoms with Crippen molar-refractivity contribution in [2.75, 3.05) is 19.8 Å². The third-order valence-electron chi connectivity index (χ3n) is 3.00. The Hall–Kier alpha value is -1.40. The van der Waals surface area contributed by atoms with E-state index in [4.69, 9.17) is 10.5 Å². The Morgan fingerprint density at radius 2 is 2.47 bits per heavy atom. The molecule has 1 aromatic heterocycles. The normalized spacial score (nSPS) is 22.5. The van der Waals surface area contributed by atoms with Crippen LogP contribution in [-0.4, -0.2) is 46.4 Å². The highest BCUT2D eigenvalue weighted by Gasteiger charge is 2.29. The zero-order chi connectivity index (χ0) is 12.4. The average Bonchev–Trinajstić information content (AvgIpc) is 2.75. The zero-order valence-corrected chi connectivity index (χ0v) is 10.2. The molecule has 2 unspecified atom stereocenters. The Kier molecular flexibility index (Phi) is 3.44. The van der Waals surface area contributed by atoms with Gasteiger partial charge < -0.3 is 15.4 Å². The second kappa shape index (κ2) is 4.85. The molecule has 0 spiro atoms. The molecule has 94 valence electrons. The SMILES string of the molecule is CC1COCCN1C(=O)C(N)c1cnn(C)c1. The highest BCUT2D eigenvalue weighted by atomic mass is 16.5. The van der Waals surface area contributed by atoms with E-state index in [0.717, 1.165) is 5.56 Å². The number of aryl methyl sites for hydroxylation is 1. The third kappa shape index (κ3) is 2.48. The molecule has 1 saturated heterocycles. The average molecular weight is 238 g/mol. The summed E-state index contributed by atoms with van der Waals surface area (Å²) in [5, 5.41) is 4.03. The third-order valence-corrected chi connectivity index (χ3v) is 3.00. The van der Waals surface area contributed by atoms with Crippen molar-refractivity contribution in [1.82, 2.24) is 14.7 Å². The lowest BCUT2D eigenvalue weighted by atomic mass is 10.1. The van der Waals surface area contributed by atoms with Gasteiger partial charge in [0.1, 0.15) is 6.04 Å². The van der Waals surface area contributed by atoms with Crippen LogP contribution in [0.4, 0.5) is 0 Å². The molecule has 1 aliphatic heterocycles. The molecule has 1 aromatic rings. The summed E-state index contributed by atoms with van der Waals surface area (Å²) in [4.78, 5) is 14.0. The predicted molar refractivity (Wildman–Crippen MR) is 62.1 cm³/mol. The van der Waals surface area contributed by atoms with E-state index in [1.165, 1.54) is 0 Å². The molecule has 2 heterocycles. The van der Waals surface area contributed by atoms with Gasteiger partial charge in [-0.2, -0.15) is 5.10 Å². The van der Waals surface area contributed by atoms with Crippen LogP contribution in [0, 0.1) is 0 Å².